The van der Waals surface area contributed by atoms with Crippen molar-refractivity contribution >= 4 is 23.7 Å². The molecule has 0 aromatic rings. The van der Waals surface area contributed by atoms with Crippen LogP contribution in [0.25, 0.3) is 0 Å². The highest BCUT2D eigenvalue weighted by Gasteiger charge is 2.21. The number of rotatable bonds is 15. The number of carboxylic acids is 1. The van der Waals surface area contributed by atoms with Crippen molar-refractivity contribution in [3.8, 4) is 0 Å². The van der Waals surface area contributed by atoms with Crippen LogP contribution in [0.3, 0.4) is 0 Å². The number of nitrogens with two attached hydrogens (primary N) is 3. The van der Waals surface area contributed by atoms with E-state index in [9.17, 15) is 19.2 Å². The van der Waals surface area contributed by atoms with Crippen molar-refractivity contribution in [2.24, 2.45) is 17.2 Å². The van der Waals surface area contributed by atoms with Gasteiger partial charge in [-0.15, -0.1) is 0 Å². The third kappa shape index (κ3) is 12.7. The molecule has 0 spiro atoms. The van der Waals surface area contributed by atoms with Crippen LogP contribution >= 0.6 is 0 Å². The van der Waals surface area contributed by atoms with Crippen LogP contribution in [-0.4, -0.2) is 67.1 Å². The summed E-state index contributed by atoms with van der Waals surface area (Å²) in [5.41, 5.74) is 16.5. The first-order chi connectivity index (χ1) is 12.8. The molecule has 0 aliphatic heterocycles. The quantitative estimate of drug-likeness (QED) is 0.147. The lowest BCUT2D eigenvalue weighted by molar-refractivity contribution is -0.138. The van der Waals surface area contributed by atoms with E-state index in [-0.39, 0.29) is 6.54 Å². The van der Waals surface area contributed by atoms with Gasteiger partial charge in [-0.2, -0.15) is 0 Å². The molecule has 3 amide bonds. The summed E-state index contributed by atoms with van der Waals surface area (Å²) in [5, 5.41) is 15.8. The number of aliphatic carboxylic acids is 1. The van der Waals surface area contributed by atoms with Crippen LogP contribution in [0.4, 0.5) is 0 Å². The fraction of sp³-hybridized carbons (Fsp3) is 0.750. The van der Waals surface area contributed by atoms with Crippen molar-refractivity contribution < 1.29 is 24.3 Å². The van der Waals surface area contributed by atoms with Crippen LogP contribution in [0.5, 0.6) is 0 Å². The summed E-state index contributed by atoms with van der Waals surface area (Å²) in [6.07, 6.45) is 3.49. The third-order valence-electron chi connectivity index (χ3n) is 3.74. The van der Waals surface area contributed by atoms with Crippen LogP contribution in [0.2, 0.25) is 0 Å². The Bertz CT molecular complexity index is 488. The van der Waals surface area contributed by atoms with Gasteiger partial charge in [-0.05, 0) is 45.2 Å². The molecule has 10 N–H and O–H groups in total. The molecule has 0 saturated heterocycles. The molecular weight excluding hydrogens is 356 g/mol. The van der Waals surface area contributed by atoms with Crippen LogP contribution in [0, 0.1) is 0 Å². The van der Waals surface area contributed by atoms with Gasteiger partial charge in [-0.1, -0.05) is 6.42 Å². The van der Waals surface area contributed by atoms with Crippen LogP contribution < -0.4 is 33.2 Å². The van der Waals surface area contributed by atoms with Crippen LogP contribution in [-0.2, 0) is 19.2 Å². The minimum atomic E-state index is -1.19. The standard InChI is InChI=1S/C16H32N6O5/c17-7-3-1-5-11(19)15(26)20-9-13(23)22-12(6-2-4-8-18)16(27)21-10-14(24)25/h11-12H,1-10,17-19H2,(H,20,26)(H,21,27)(H,22,23)(H,24,25)/t11-,12-/m1/s1. The van der Waals surface area contributed by atoms with E-state index in [1.807, 2.05) is 0 Å². The van der Waals surface area contributed by atoms with Gasteiger partial charge in [0.15, 0.2) is 0 Å². The van der Waals surface area contributed by atoms with Gasteiger partial charge in [0.2, 0.25) is 17.7 Å². The molecule has 0 aliphatic rings. The van der Waals surface area contributed by atoms with E-state index < -0.39 is 42.3 Å². The molecule has 0 rings (SSSR count). The first-order valence-electron chi connectivity index (χ1n) is 9.04. The summed E-state index contributed by atoms with van der Waals surface area (Å²) in [7, 11) is 0. The SMILES string of the molecule is NCCCC[C@@H](N)C(=O)NCC(=O)N[C@H](CCCCN)C(=O)NCC(=O)O. The molecule has 0 radical (unpaired) electrons. The van der Waals surface area contributed by atoms with Gasteiger partial charge < -0.3 is 38.3 Å². The number of carboxylic acid groups (broad SMARTS) is 1. The molecule has 0 bridgehead atoms. The Balaban J connectivity index is 4.45. The number of nitrogens with one attached hydrogen (secondary N) is 3. The molecule has 27 heavy (non-hydrogen) atoms. The Morgan fingerprint density at radius 3 is 1.93 bits per heavy atom. The second-order valence-corrected chi connectivity index (χ2v) is 6.12. The first kappa shape index (κ1) is 24.8. The van der Waals surface area contributed by atoms with Crippen LogP contribution in [0.1, 0.15) is 38.5 Å². The van der Waals surface area contributed by atoms with Crippen LogP contribution in [0.15, 0.2) is 0 Å². The van der Waals surface area contributed by atoms with Crippen molar-refractivity contribution in [3.63, 3.8) is 0 Å². The second kappa shape index (κ2) is 14.9. The molecular formula is C16H32N6O5. The van der Waals surface area contributed by atoms with Crippen molar-refractivity contribution in [2.45, 2.75) is 50.6 Å². The monoisotopic (exact) mass is 388 g/mol. The zero-order valence-electron chi connectivity index (χ0n) is 15.5. The smallest absolute Gasteiger partial charge is 0.322 e. The highest BCUT2D eigenvalue weighted by atomic mass is 16.4. The summed E-state index contributed by atoms with van der Waals surface area (Å²) in [5.74, 6) is -2.82. The van der Waals surface area contributed by atoms with E-state index in [4.69, 9.17) is 22.3 Å². The molecule has 0 aromatic heterocycles. The van der Waals surface area contributed by atoms with E-state index in [2.05, 4.69) is 16.0 Å². The predicted molar refractivity (Wildman–Crippen MR) is 99.4 cm³/mol. The van der Waals surface area contributed by atoms with Crippen molar-refractivity contribution in [1.29, 1.82) is 0 Å². The minimum absolute atomic E-state index is 0.306. The van der Waals surface area contributed by atoms with E-state index in [1.54, 1.807) is 0 Å². The predicted octanol–water partition coefficient (Wildman–Crippen LogP) is -2.63. The Kier molecular flexibility index (Phi) is 13.6. The summed E-state index contributed by atoms with van der Waals surface area (Å²) < 4.78 is 0. The topological polar surface area (TPSA) is 203 Å². The molecule has 0 saturated carbocycles. The molecule has 0 fully saturated rings. The fourth-order valence-corrected chi connectivity index (χ4v) is 2.23. The van der Waals surface area contributed by atoms with Gasteiger partial charge in [0, 0.05) is 0 Å². The van der Waals surface area contributed by atoms with Crippen molar-refractivity contribution in [3.05, 3.63) is 0 Å². The number of hydrogen-bond donors (Lipinski definition) is 7. The largest absolute Gasteiger partial charge is 0.480 e. The Morgan fingerprint density at radius 1 is 0.815 bits per heavy atom. The van der Waals surface area contributed by atoms with E-state index >= 15 is 0 Å². The van der Waals surface area contributed by atoms with Crippen molar-refractivity contribution in [2.75, 3.05) is 26.2 Å². The van der Waals surface area contributed by atoms with Gasteiger partial charge in [0.25, 0.3) is 0 Å². The number of amides is 3. The maximum absolute atomic E-state index is 12.0. The van der Waals surface area contributed by atoms with Gasteiger partial charge >= 0.3 is 5.97 Å². The van der Waals surface area contributed by atoms with E-state index in [0.29, 0.717) is 45.2 Å². The molecule has 0 aromatic carbocycles. The maximum atomic E-state index is 12.0. The van der Waals surface area contributed by atoms with E-state index in [0.717, 1.165) is 6.42 Å². The fourth-order valence-electron chi connectivity index (χ4n) is 2.23. The Labute approximate surface area is 158 Å². The summed E-state index contributed by atoms with van der Waals surface area (Å²) in [4.78, 5) is 46.4. The lowest BCUT2D eigenvalue weighted by Gasteiger charge is -2.18. The number of carbonyl (C=O) groups excluding carboxylic acids is 3. The summed E-state index contributed by atoms with van der Waals surface area (Å²) in [6, 6.07) is -1.64. The summed E-state index contributed by atoms with van der Waals surface area (Å²) in [6.45, 7) is 0.0846. The number of carbonyl (C=O) groups is 4. The lowest BCUT2D eigenvalue weighted by atomic mass is 10.1. The van der Waals surface area contributed by atoms with Gasteiger partial charge in [0.05, 0.1) is 12.6 Å². The third-order valence-corrected chi connectivity index (χ3v) is 3.74. The highest BCUT2D eigenvalue weighted by molar-refractivity contribution is 5.91. The average molecular weight is 388 g/mol. The Hall–Kier alpha value is -2.24. The molecule has 156 valence electrons. The van der Waals surface area contributed by atoms with Crippen molar-refractivity contribution in [1.82, 2.24) is 16.0 Å². The molecule has 0 unspecified atom stereocenters. The van der Waals surface area contributed by atoms with Gasteiger partial charge in [0.1, 0.15) is 12.6 Å². The molecule has 2 atom stereocenters. The zero-order chi connectivity index (χ0) is 20.7. The number of unbranched alkanes of at least 4 members (excludes halogenated alkanes) is 2. The van der Waals surface area contributed by atoms with E-state index in [1.165, 1.54) is 0 Å². The number of hydrogen-bond acceptors (Lipinski definition) is 7. The highest BCUT2D eigenvalue weighted by Crippen LogP contribution is 2.01. The molecule has 0 aliphatic carbocycles. The minimum Gasteiger partial charge on any atom is -0.480 e. The second-order valence-electron chi connectivity index (χ2n) is 6.12. The van der Waals surface area contributed by atoms with Gasteiger partial charge in [-0.25, -0.2) is 0 Å². The summed E-state index contributed by atoms with van der Waals surface area (Å²) >= 11 is 0. The normalized spacial score (nSPS) is 12.7. The maximum Gasteiger partial charge on any atom is 0.322 e. The molecule has 11 heteroatoms. The molecule has 11 nitrogen and oxygen atoms in total. The van der Waals surface area contributed by atoms with Gasteiger partial charge in [-0.3, -0.25) is 19.2 Å². The lowest BCUT2D eigenvalue weighted by Crippen LogP contribution is -2.51. The average Bonchev–Trinajstić information content (AvgIpc) is 2.63. The first-order valence-corrected chi connectivity index (χ1v) is 9.04. The zero-order valence-corrected chi connectivity index (χ0v) is 15.5. The molecule has 0 heterocycles. The Morgan fingerprint density at radius 2 is 1.37 bits per heavy atom.